The van der Waals surface area contributed by atoms with Gasteiger partial charge in [-0.05, 0) is 40.2 Å². The summed E-state index contributed by atoms with van der Waals surface area (Å²) in [6.45, 7) is 0. The fourth-order valence-corrected chi connectivity index (χ4v) is 3.39. The van der Waals surface area contributed by atoms with E-state index in [1.807, 2.05) is 30.3 Å². The number of methoxy groups -OCH3 is 1. The predicted molar refractivity (Wildman–Crippen MR) is 85.7 cm³/mol. The molecule has 0 spiro atoms. The molecule has 0 radical (unpaired) electrons. The Bertz CT molecular complexity index is 568. The van der Waals surface area contributed by atoms with E-state index in [1.54, 1.807) is 25.1 Å². The molecule has 0 saturated carbocycles. The molecule has 0 fully saturated rings. The number of thioether (sulfide) groups is 1. The van der Waals surface area contributed by atoms with E-state index in [9.17, 15) is 0 Å². The first-order chi connectivity index (χ1) is 9.76. The second-order valence-corrected chi connectivity index (χ2v) is 5.97. The van der Waals surface area contributed by atoms with Crippen LogP contribution in [-0.4, -0.2) is 17.8 Å². The maximum atomic E-state index is 5.66. The summed E-state index contributed by atoms with van der Waals surface area (Å²) in [4.78, 5) is 5.53. The topological polar surface area (TPSA) is 60.2 Å². The minimum atomic E-state index is -0.0803. The molecule has 2 rings (SSSR count). The lowest BCUT2D eigenvalue weighted by molar-refractivity contribution is 0.398. The van der Waals surface area contributed by atoms with Crippen molar-refractivity contribution in [2.75, 3.05) is 12.9 Å². The Morgan fingerprint density at radius 1 is 1.35 bits per heavy atom. The van der Waals surface area contributed by atoms with Crippen LogP contribution >= 0.6 is 27.7 Å². The number of halogens is 1. The van der Waals surface area contributed by atoms with Crippen LogP contribution in [0.15, 0.2) is 52.0 Å². The van der Waals surface area contributed by atoms with Crippen LogP contribution in [0.3, 0.4) is 0 Å². The highest BCUT2D eigenvalue weighted by Crippen LogP contribution is 2.31. The summed E-state index contributed by atoms with van der Waals surface area (Å²) in [5.41, 5.74) is 3.62. The van der Waals surface area contributed by atoms with Crippen molar-refractivity contribution in [1.29, 1.82) is 0 Å². The first-order valence-electron chi connectivity index (χ1n) is 6.08. The number of hydrazine groups is 1. The second-order valence-electron chi connectivity index (χ2n) is 4.05. The van der Waals surface area contributed by atoms with E-state index in [-0.39, 0.29) is 6.04 Å². The summed E-state index contributed by atoms with van der Waals surface area (Å²) >= 11 is 5.25. The van der Waals surface area contributed by atoms with Gasteiger partial charge in [0.15, 0.2) is 0 Å². The Labute approximate surface area is 131 Å². The molecule has 1 aromatic heterocycles. The molecule has 2 aromatic rings. The molecule has 0 aliphatic carbocycles. The van der Waals surface area contributed by atoms with E-state index in [4.69, 9.17) is 10.6 Å². The summed E-state index contributed by atoms with van der Waals surface area (Å²) in [5, 5.41) is 0. The van der Waals surface area contributed by atoms with Crippen LogP contribution in [0.5, 0.6) is 5.75 Å². The molecule has 0 aliphatic rings. The maximum absolute atomic E-state index is 5.66. The largest absolute Gasteiger partial charge is 0.495 e. The molecule has 0 saturated heterocycles. The Morgan fingerprint density at radius 2 is 2.15 bits per heavy atom. The van der Waals surface area contributed by atoms with Crippen molar-refractivity contribution in [1.82, 2.24) is 10.4 Å². The van der Waals surface area contributed by atoms with Gasteiger partial charge in [0.25, 0.3) is 0 Å². The first kappa shape index (κ1) is 15.3. The summed E-state index contributed by atoms with van der Waals surface area (Å²) in [6.07, 6.45) is 1.74. The fraction of sp³-hybridized carbons (Fsp3) is 0.214. The van der Waals surface area contributed by atoms with E-state index in [0.29, 0.717) is 0 Å². The molecule has 0 aliphatic heterocycles. The molecule has 1 aromatic carbocycles. The number of nitrogens with two attached hydrogens (primary N) is 1. The molecular formula is C14H16BrN3OS. The van der Waals surface area contributed by atoms with Crippen LogP contribution < -0.4 is 16.0 Å². The zero-order valence-corrected chi connectivity index (χ0v) is 13.4. The molecule has 1 unspecified atom stereocenters. The SMILES string of the molecule is COc1cccnc1C(CSc1ccccc1Br)NN. The lowest BCUT2D eigenvalue weighted by Gasteiger charge is -2.17. The van der Waals surface area contributed by atoms with Crippen molar-refractivity contribution in [2.24, 2.45) is 5.84 Å². The molecule has 6 heteroatoms. The van der Waals surface area contributed by atoms with Crippen LogP contribution in [0.4, 0.5) is 0 Å². The summed E-state index contributed by atoms with van der Waals surface area (Å²) in [7, 11) is 1.63. The zero-order chi connectivity index (χ0) is 14.4. The number of benzene rings is 1. The molecule has 3 N–H and O–H groups in total. The van der Waals surface area contributed by atoms with E-state index < -0.39 is 0 Å². The lowest BCUT2D eigenvalue weighted by Crippen LogP contribution is -2.30. The van der Waals surface area contributed by atoms with Crippen molar-refractivity contribution in [2.45, 2.75) is 10.9 Å². The smallest absolute Gasteiger partial charge is 0.142 e. The van der Waals surface area contributed by atoms with Crippen molar-refractivity contribution in [3.8, 4) is 5.75 Å². The van der Waals surface area contributed by atoms with Crippen molar-refractivity contribution in [3.05, 3.63) is 52.8 Å². The van der Waals surface area contributed by atoms with Crippen LogP contribution in [0.25, 0.3) is 0 Å². The van der Waals surface area contributed by atoms with Gasteiger partial charge in [0, 0.05) is 21.3 Å². The van der Waals surface area contributed by atoms with Crippen LogP contribution in [0.2, 0.25) is 0 Å². The molecule has 0 amide bonds. The number of nitrogens with zero attached hydrogens (tertiary/aromatic N) is 1. The van der Waals surface area contributed by atoms with Crippen molar-refractivity contribution in [3.63, 3.8) is 0 Å². The lowest BCUT2D eigenvalue weighted by atomic mass is 10.2. The number of pyridine rings is 1. The Kier molecular flexibility index (Phi) is 5.85. The van der Waals surface area contributed by atoms with Gasteiger partial charge >= 0.3 is 0 Å². The van der Waals surface area contributed by atoms with Crippen molar-refractivity contribution >= 4 is 27.7 Å². The highest BCUT2D eigenvalue weighted by atomic mass is 79.9. The van der Waals surface area contributed by atoms with Gasteiger partial charge in [-0.15, -0.1) is 11.8 Å². The third kappa shape index (κ3) is 3.73. The molecule has 106 valence electrons. The minimum absolute atomic E-state index is 0.0803. The Balaban J connectivity index is 2.11. The third-order valence-corrected chi connectivity index (χ3v) is 4.91. The maximum Gasteiger partial charge on any atom is 0.142 e. The fourth-order valence-electron chi connectivity index (χ4n) is 1.78. The van der Waals surface area contributed by atoms with Gasteiger partial charge in [-0.25, -0.2) is 0 Å². The van der Waals surface area contributed by atoms with Gasteiger partial charge in [-0.1, -0.05) is 12.1 Å². The van der Waals surface area contributed by atoms with E-state index in [0.717, 1.165) is 21.7 Å². The van der Waals surface area contributed by atoms with Gasteiger partial charge in [-0.2, -0.15) is 0 Å². The zero-order valence-electron chi connectivity index (χ0n) is 11.0. The molecule has 1 atom stereocenters. The number of aromatic nitrogens is 1. The number of ether oxygens (including phenoxy) is 1. The van der Waals surface area contributed by atoms with E-state index >= 15 is 0 Å². The first-order valence-corrected chi connectivity index (χ1v) is 7.86. The van der Waals surface area contributed by atoms with Crippen LogP contribution in [0.1, 0.15) is 11.7 Å². The van der Waals surface area contributed by atoms with Gasteiger partial charge in [0.05, 0.1) is 13.2 Å². The Morgan fingerprint density at radius 3 is 2.85 bits per heavy atom. The standard InChI is InChI=1S/C14H16BrN3OS/c1-19-12-6-4-8-17-14(12)11(18-16)9-20-13-7-3-2-5-10(13)15/h2-8,11,18H,9,16H2,1H3. The third-order valence-electron chi connectivity index (χ3n) is 2.79. The van der Waals surface area contributed by atoms with E-state index in [2.05, 4.69) is 32.4 Å². The monoisotopic (exact) mass is 353 g/mol. The molecule has 1 heterocycles. The minimum Gasteiger partial charge on any atom is -0.495 e. The second kappa shape index (κ2) is 7.64. The molecule has 20 heavy (non-hydrogen) atoms. The highest BCUT2D eigenvalue weighted by molar-refractivity contribution is 9.10. The van der Waals surface area contributed by atoms with Crippen LogP contribution in [0, 0.1) is 0 Å². The average molecular weight is 354 g/mol. The van der Waals surface area contributed by atoms with Gasteiger partial charge < -0.3 is 4.74 Å². The van der Waals surface area contributed by atoms with Gasteiger partial charge in [-0.3, -0.25) is 16.3 Å². The number of hydrogen-bond donors (Lipinski definition) is 2. The predicted octanol–water partition coefficient (Wildman–Crippen LogP) is 3.15. The number of rotatable bonds is 6. The van der Waals surface area contributed by atoms with Gasteiger partial charge in [0.1, 0.15) is 11.4 Å². The van der Waals surface area contributed by atoms with E-state index in [1.165, 1.54) is 4.90 Å². The molecule has 4 nitrogen and oxygen atoms in total. The number of hydrogen-bond acceptors (Lipinski definition) is 5. The Hall–Kier alpha value is -1.08. The average Bonchev–Trinajstić information content (AvgIpc) is 2.50. The summed E-state index contributed by atoms with van der Waals surface area (Å²) in [6, 6.07) is 11.7. The number of nitrogens with one attached hydrogen (secondary N) is 1. The summed E-state index contributed by atoms with van der Waals surface area (Å²) < 4.78 is 6.40. The highest BCUT2D eigenvalue weighted by Gasteiger charge is 2.16. The summed E-state index contributed by atoms with van der Waals surface area (Å²) in [5.74, 6) is 7.16. The van der Waals surface area contributed by atoms with Crippen molar-refractivity contribution < 1.29 is 4.74 Å². The molecular weight excluding hydrogens is 338 g/mol. The molecule has 0 bridgehead atoms. The quantitative estimate of drug-likeness (QED) is 0.474. The van der Waals surface area contributed by atoms with Crippen LogP contribution in [-0.2, 0) is 0 Å². The normalized spacial score (nSPS) is 12.2. The van der Waals surface area contributed by atoms with Gasteiger partial charge in [0.2, 0.25) is 0 Å².